The highest BCUT2D eigenvalue weighted by Crippen LogP contribution is 2.14. The number of oxime groups is 1. The summed E-state index contributed by atoms with van der Waals surface area (Å²) in [6, 6.07) is 6.26. The molecular formula is C15H15FN4O3. The third kappa shape index (κ3) is 3.71. The van der Waals surface area contributed by atoms with Crippen molar-refractivity contribution in [2.24, 2.45) is 5.16 Å². The summed E-state index contributed by atoms with van der Waals surface area (Å²) < 4.78 is 17.4. The highest BCUT2D eigenvalue weighted by atomic mass is 19.1. The molecule has 2 aromatic rings. The van der Waals surface area contributed by atoms with Crippen molar-refractivity contribution in [3.05, 3.63) is 47.0 Å². The van der Waals surface area contributed by atoms with Crippen molar-refractivity contribution in [1.82, 2.24) is 15.6 Å². The second kappa shape index (κ2) is 6.55. The Labute approximate surface area is 131 Å². The number of halogens is 1. The summed E-state index contributed by atoms with van der Waals surface area (Å²) in [5.41, 5.74) is 2.41. The van der Waals surface area contributed by atoms with E-state index < -0.39 is 0 Å². The Balaban J connectivity index is 1.47. The summed E-state index contributed by atoms with van der Waals surface area (Å²) in [6.45, 7) is 1.95. The molecule has 1 amide bonds. The minimum Gasteiger partial charge on any atom is -0.390 e. The van der Waals surface area contributed by atoms with Crippen LogP contribution in [0.3, 0.4) is 0 Å². The van der Waals surface area contributed by atoms with Crippen molar-refractivity contribution >= 4 is 11.6 Å². The molecule has 1 aromatic heterocycles. The Morgan fingerprint density at radius 1 is 1.35 bits per heavy atom. The molecule has 1 N–H and O–H groups in total. The zero-order valence-electron chi connectivity index (χ0n) is 12.5. The summed E-state index contributed by atoms with van der Waals surface area (Å²) in [7, 11) is 0. The second-order valence-corrected chi connectivity index (χ2v) is 5.30. The molecule has 8 heteroatoms. The lowest BCUT2D eigenvalue weighted by Gasteiger charge is -2.08. The van der Waals surface area contributed by atoms with Gasteiger partial charge in [-0.25, -0.2) is 9.02 Å². The number of carbonyl (C=O) groups excluding carboxylic acids is 1. The summed E-state index contributed by atoms with van der Waals surface area (Å²) in [4.78, 5) is 17.2. The van der Waals surface area contributed by atoms with Gasteiger partial charge in [-0.15, -0.1) is 0 Å². The molecule has 7 nitrogen and oxygen atoms in total. The van der Waals surface area contributed by atoms with Crippen LogP contribution in [-0.4, -0.2) is 34.6 Å². The van der Waals surface area contributed by atoms with Gasteiger partial charge in [0.25, 0.3) is 5.91 Å². The number of aromatic nitrogens is 2. The van der Waals surface area contributed by atoms with Crippen molar-refractivity contribution in [3.63, 3.8) is 0 Å². The number of rotatable bonds is 5. The first-order chi connectivity index (χ1) is 11.1. The Morgan fingerprint density at radius 3 is 2.83 bits per heavy atom. The molecule has 3 rings (SSSR count). The molecule has 0 fully saturated rings. The number of hydrogen-bond acceptors (Lipinski definition) is 6. The van der Waals surface area contributed by atoms with Crippen LogP contribution >= 0.6 is 0 Å². The van der Waals surface area contributed by atoms with Gasteiger partial charge in [-0.05, 0) is 29.8 Å². The van der Waals surface area contributed by atoms with E-state index in [1.54, 1.807) is 19.1 Å². The van der Waals surface area contributed by atoms with Crippen LogP contribution in [0.5, 0.6) is 0 Å². The fourth-order valence-corrected chi connectivity index (χ4v) is 2.27. The number of hydrogen-bond donors (Lipinski definition) is 1. The standard InChI is InChI=1S/C15H15FN4O3/c1-9-14(20-23-18-9)15(21)17-8-13-7-12(19-22-13)6-10-2-4-11(16)5-3-10/h2-5,13H,6-8H2,1H3,(H,17,21)/t13-/m1/s1. The molecule has 0 aliphatic carbocycles. The maximum absolute atomic E-state index is 12.9. The van der Waals surface area contributed by atoms with Gasteiger partial charge in [0.1, 0.15) is 17.6 Å². The van der Waals surface area contributed by atoms with E-state index >= 15 is 0 Å². The van der Waals surface area contributed by atoms with Crippen LogP contribution in [0.2, 0.25) is 0 Å². The molecule has 1 aliphatic rings. The average molecular weight is 318 g/mol. The maximum atomic E-state index is 12.9. The van der Waals surface area contributed by atoms with Gasteiger partial charge in [-0.1, -0.05) is 22.4 Å². The van der Waals surface area contributed by atoms with Crippen molar-refractivity contribution in [3.8, 4) is 0 Å². The van der Waals surface area contributed by atoms with Crippen LogP contribution in [0.1, 0.15) is 28.2 Å². The van der Waals surface area contributed by atoms with Crippen LogP contribution in [0.4, 0.5) is 4.39 Å². The van der Waals surface area contributed by atoms with Crippen LogP contribution in [0.25, 0.3) is 0 Å². The molecule has 1 aliphatic heterocycles. The third-order valence-corrected chi connectivity index (χ3v) is 3.47. The summed E-state index contributed by atoms with van der Waals surface area (Å²) in [5, 5.41) is 13.8. The van der Waals surface area contributed by atoms with E-state index in [0.29, 0.717) is 25.1 Å². The predicted molar refractivity (Wildman–Crippen MR) is 78.4 cm³/mol. The fraction of sp³-hybridized carbons (Fsp3) is 0.333. The van der Waals surface area contributed by atoms with Gasteiger partial charge >= 0.3 is 0 Å². The smallest absolute Gasteiger partial charge is 0.275 e. The molecule has 0 bridgehead atoms. The van der Waals surface area contributed by atoms with Gasteiger partial charge in [0, 0.05) is 12.8 Å². The topological polar surface area (TPSA) is 89.6 Å². The molecule has 0 radical (unpaired) electrons. The Morgan fingerprint density at radius 2 is 2.13 bits per heavy atom. The Kier molecular flexibility index (Phi) is 4.31. The Bertz CT molecular complexity index is 727. The van der Waals surface area contributed by atoms with Gasteiger partial charge in [0.2, 0.25) is 0 Å². The average Bonchev–Trinajstić information content (AvgIpc) is 3.16. The lowest BCUT2D eigenvalue weighted by molar-refractivity contribution is 0.0748. The lowest BCUT2D eigenvalue weighted by atomic mass is 10.0. The molecule has 23 heavy (non-hydrogen) atoms. The number of nitrogens with zero attached hydrogens (tertiary/aromatic N) is 3. The maximum Gasteiger partial charge on any atom is 0.275 e. The summed E-state index contributed by atoms with van der Waals surface area (Å²) in [5.74, 6) is -0.629. The Hall–Kier alpha value is -2.77. The van der Waals surface area contributed by atoms with Crippen LogP contribution < -0.4 is 5.32 Å². The number of aryl methyl sites for hydroxylation is 1. The van der Waals surface area contributed by atoms with E-state index in [-0.39, 0.29) is 23.5 Å². The SMILES string of the molecule is Cc1nonc1C(=O)NC[C@H]1CC(Cc2ccc(F)cc2)=NO1. The van der Waals surface area contributed by atoms with Crippen LogP contribution in [-0.2, 0) is 11.3 Å². The lowest BCUT2D eigenvalue weighted by Crippen LogP contribution is -2.32. The summed E-state index contributed by atoms with van der Waals surface area (Å²) in [6.07, 6.45) is 0.972. The molecular weight excluding hydrogens is 303 g/mol. The van der Waals surface area contributed by atoms with Gasteiger partial charge < -0.3 is 10.2 Å². The molecule has 0 spiro atoms. The fourth-order valence-electron chi connectivity index (χ4n) is 2.27. The van der Waals surface area contributed by atoms with Crippen LogP contribution in [0.15, 0.2) is 34.1 Å². The normalized spacial score (nSPS) is 16.8. The first kappa shape index (κ1) is 15.1. The van der Waals surface area contributed by atoms with Gasteiger partial charge in [-0.2, -0.15) is 0 Å². The number of nitrogens with one attached hydrogen (secondary N) is 1. The van der Waals surface area contributed by atoms with E-state index in [2.05, 4.69) is 25.4 Å². The van der Waals surface area contributed by atoms with Crippen LogP contribution in [0, 0.1) is 12.7 Å². The molecule has 0 saturated carbocycles. The van der Waals surface area contributed by atoms with Gasteiger partial charge in [0.05, 0.1) is 12.3 Å². The molecule has 0 saturated heterocycles. The zero-order chi connectivity index (χ0) is 16.2. The minimum atomic E-state index is -0.362. The van der Waals surface area contributed by atoms with E-state index in [9.17, 15) is 9.18 Å². The molecule has 120 valence electrons. The third-order valence-electron chi connectivity index (χ3n) is 3.47. The molecule has 2 heterocycles. The summed E-state index contributed by atoms with van der Waals surface area (Å²) >= 11 is 0. The highest BCUT2D eigenvalue weighted by molar-refractivity contribution is 5.93. The molecule has 1 aromatic carbocycles. The second-order valence-electron chi connectivity index (χ2n) is 5.30. The first-order valence-corrected chi connectivity index (χ1v) is 7.15. The van der Waals surface area contributed by atoms with Crippen molar-refractivity contribution in [2.75, 3.05) is 6.54 Å². The van der Waals surface area contributed by atoms with E-state index in [1.807, 2.05) is 0 Å². The largest absolute Gasteiger partial charge is 0.390 e. The zero-order valence-corrected chi connectivity index (χ0v) is 12.5. The van der Waals surface area contributed by atoms with Gasteiger partial charge in [0.15, 0.2) is 5.69 Å². The van der Waals surface area contributed by atoms with E-state index in [4.69, 9.17) is 4.84 Å². The quantitative estimate of drug-likeness (QED) is 0.905. The number of benzene rings is 1. The van der Waals surface area contributed by atoms with Crippen molar-refractivity contribution in [2.45, 2.75) is 25.9 Å². The predicted octanol–water partition coefficient (Wildman–Crippen LogP) is 1.63. The minimum absolute atomic E-state index is 0.162. The number of amides is 1. The monoisotopic (exact) mass is 318 g/mol. The number of carbonyl (C=O) groups is 1. The highest BCUT2D eigenvalue weighted by Gasteiger charge is 2.23. The van der Waals surface area contributed by atoms with Crippen molar-refractivity contribution < 1.29 is 18.7 Å². The van der Waals surface area contributed by atoms with E-state index in [0.717, 1.165) is 11.3 Å². The van der Waals surface area contributed by atoms with E-state index in [1.165, 1.54) is 12.1 Å². The molecule has 1 atom stereocenters. The van der Waals surface area contributed by atoms with Crippen molar-refractivity contribution in [1.29, 1.82) is 0 Å². The van der Waals surface area contributed by atoms with Gasteiger partial charge in [-0.3, -0.25) is 4.79 Å². The first-order valence-electron chi connectivity index (χ1n) is 7.15. The molecule has 0 unspecified atom stereocenters.